The first kappa shape index (κ1) is 24.7. The lowest BCUT2D eigenvalue weighted by Crippen LogP contribution is -2.17. The number of carbonyl (C=O) groups excluding carboxylic acids is 1. The smallest absolute Gasteiger partial charge is 0.270 e. The van der Waals surface area contributed by atoms with E-state index in [-0.39, 0.29) is 17.3 Å². The predicted octanol–water partition coefficient (Wildman–Crippen LogP) is 5.51. The molecule has 1 amide bonds. The lowest BCUT2D eigenvalue weighted by Gasteiger charge is -2.11. The summed E-state index contributed by atoms with van der Waals surface area (Å²) in [5, 5.41) is 22.9. The molecule has 1 aromatic heterocycles. The molecule has 0 aliphatic carbocycles. The first-order valence-corrected chi connectivity index (χ1v) is 11.8. The molecule has 0 bridgehead atoms. The number of ether oxygens (including phenoxy) is 1. The second-order valence-corrected chi connectivity index (χ2v) is 8.77. The van der Waals surface area contributed by atoms with Crippen LogP contribution in [0.25, 0.3) is 10.9 Å². The van der Waals surface area contributed by atoms with E-state index < -0.39 is 9.85 Å². The van der Waals surface area contributed by atoms with Gasteiger partial charge in [0.05, 0.1) is 22.5 Å². The quantitative estimate of drug-likeness (QED) is 0.180. The van der Waals surface area contributed by atoms with Crippen LogP contribution in [0.3, 0.4) is 0 Å². The van der Waals surface area contributed by atoms with Gasteiger partial charge in [-0.3, -0.25) is 29.7 Å². The third-order valence-corrected chi connectivity index (χ3v) is 6.51. The van der Waals surface area contributed by atoms with Crippen molar-refractivity contribution in [3.05, 3.63) is 104 Å². The standard InChI is InChI=1S/C25H22N4O6S/c1-3-27-15-17(21-14-19(29(33)34)7-10-23(21)27)12-16-4-11-24(35-2)22(13-16)25(30)26-36-20-8-5-18(6-9-20)28(31)32/h4-11,13-15H,3,12H2,1-2H3,(H,26,30). The maximum atomic E-state index is 13.0. The van der Waals surface area contributed by atoms with E-state index in [1.54, 1.807) is 36.4 Å². The van der Waals surface area contributed by atoms with E-state index in [4.69, 9.17) is 4.74 Å². The molecule has 0 saturated heterocycles. The molecule has 11 heteroatoms. The summed E-state index contributed by atoms with van der Waals surface area (Å²) in [5.74, 6) is 0.0100. The highest BCUT2D eigenvalue weighted by Crippen LogP contribution is 2.30. The van der Waals surface area contributed by atoms with Crippen molar-refractivity contribution >= 4 is 40.1 Å². The Balaban J connectivity index is 1.58. The minimum Gasteiger partial charge on any atom is -0.496 e. The third-order valence-electron chi connectivity index (χ3n) is 5.71. The number of hydrogen-bond acceptors (Lipinski definition) is 7. The largest absolute Gasteiger partial charge is 0.496 e. The van der Waals surface area contributed by atoms with E-state index in [0.717, 1.165) is 34.0 Å². The molecule has 0 atom stereocenters. The van der Waals surface area contributed by atoms with Gasteiger partial charge in [-0.1, -0.05) is 6.07 Å². The van der Waals surface area contributed by atoms with Crippen molar-refractivity contribution in [2.24, 2.45) is 0 Å². The fraction of sp³-hybridized carbons (Fsp3) is 0.160. The van der Waals surface area contributed by atoms with Gasteiger partial charge in [0.1, 0.15) is 5.75 Å². The summed E-state index contributed by atoms with van der Waals surface area (Å²) in [6.07, 6.45) is 2.44. The molecule has 0 radical (unpaired) electrons. The molecule has 0 aliphatic rings. The number of nitro groups is 2. The van der Waals surface area contributed by atoms with Crippen molar-refractivity contribution in [1.82, 2.24) is 9.29 Å². The average Bonchev–Trinajstić information content (AvgIpc) is 3.24. The van der Waals surface area contributed by atoms with Crippen LogP contribution in [-0.4, -0.2) is 27.4 Å². The predicted molar refractivity (Wildman–Crippen MR) is 136 cm³/mol. The van der Waals surface area contributed by atoms with Crippen molar-refractivity contribution in [1.29, 1.82) is 0 Å². The number of nitrogens with zero attached hydrogens (tertiary/aromatic N) is 3. The third kappa shape index (κ3) is 5.15. The van der Waals surface area contributed by atoms with E-state index in [1.807, 2.05) is 23.8 Å². The second kappa shape index (κ2) is 10.5. The van der Waals surface area contributed by atoms with Crippen LogP contribution in [0.4, 0.5) is 11.4 Å². The summed E-state index contributed by atoms with van der Waals surface area (Å²) >= 11 is 1.04. The Morgan fingerprint density at radius 1 is 1.00 bits per heavy atom. The Labute approximate surface area is 210 Å². The lowest BCUT2D eigenvalue weighted by molar-refractivity contribution is -0.385. The Kier molecular flexibility index (Phi) is 7.20. The summed E-state index contributed by atoms with van der Waals surface area (Å²) in [5.41, 5.74) is 2.97. The molecule has 36 heavy (non-hydrogen) atoms. The van der Waals surface area contributed by atoms with Crippen LogP contribution in [0.15, 0.2) is 71.8 Å². The highest BCUT2D eigenvalue weighted by atomic mass is 32.2. The molecule has 0 saturated carbocycles. The number of rotatable bonds is 9. The second-order valence-electron chi connectivity index (χ2n) is 7.89. The number of hydrogen-bond donors (Lipinski definition) is 1. The van der Waals surface area contributed by atoms with Gasteiger partial charge in [0, 0.05) is 52.8 Å². The number of nitrogens with one attached hydrogen (secondary N) is 1. The molecule has 4 rings (SSSR count). The summed E-state index contributed by atoms with van der Waals surface area (Å²) in [4.78, 5) is 34.8. The molecule has 0 fully saturated rings. The van der Waals surface area contributed by atoms with Crippen molar-refractivity contribution in [3.8, 4) is 5.75 Å². The van der Waals surface area contributed by atoms with Gasteiger partial charge in [-0.25, -0.2) is 0 Å². The van der Waals surface area contributed by atoms with Crippen molar-refractivity contribution in [3.63, 3.8) is 0 Å². The van der Waals surface area contributed by atoms with E-state index in [2.05, 4.69) is 4.72 Å². The highest BCUT2D eigenvalue weighted by Gasteiger charge is 2.17. The minimum absolute atomic E-state index is 0.0238. The Morgan fingerprint density at radius 3 is 2.33 bits per heavy atom. The summed E-state index contributed by atoms with van der Waals surface area (Å²) in [6, 6.07) is 16.0. The van der Waals surface area contributed by atoms with E-state index in [1.165, 1.54) is 25.3 Å². The maximum Gasteiger partial charge on any atom is 0.270 e. The number of benzene rings is 3. The van der Waals surface area contributed by atoms with Gasteiger partial charge >= 0.3 is 0 Å². The molecule has 0 spiro atoms. The lowest BCUT2D eigenvalue weighted by atomic mass is 10.0. The fourth-order valence-electron chi connectivity index (χ4n) is 3.93. The SMILES string of the molecule is CCn1cc(Cc2ccc(OC)c(C(=O)NSc3ccc([N+](=O)[O-])cc3)c2)c2cc([N+](=O)[O-])ccc21. The monoisotopic (exact) mass is 506 g/mol. The number of nitro benzene ring substituents is 2. The molecule has 3 aromatic carbocycles. The van der Waals surface area contributed by atoms with E-state index in [9.17, 15) is 25.0 Å². The number of methoxy groups -OCH3 is 1. The highest BCUT2D eigenvalue weighted by molar-refractivity contribution is 7.98. The average molecular weight is 507 g/mol. The van der Waals surface area contributed by atoms with Gasteiger partial charge in [-0.2, -0.15) is 0 Å². The minimum atomic E-state index is -0.487. The number of non-ortho nitro benzene ring substituents is 2. The number of amides is 1. The first-order valence-electron chi connectivity index (χ1n) is 11.0. The molecular formula is C25H22N4O6S. The van der Waals surface area contributed by atoms with Crippen molar-refractivity contribution < 1.29 is 19.4 Å². The van der Waals surface area contributed by atoms with Crippen LogP contribution in [0, 0.1) is 20.2 Å². The summed E-state index contributed by atoms with van der Waals surface area (Å²) in [7, 11) is 1.48. The summed E-state index contributed by atoms with van der Waals surface area (Å²) in [6.45, 7) is 2.72. The molecule has 184 valence electrons. The Hall–Kier alpha value is -4.38. The van der Waals surface area contributed by atoms with Gasteiger partial charge in [0.15, 0.2) is 0 Å². The van der Waals surface area contributed by atoms with Crippen LogP contribution in [-0.2, 0) is 13.0 Å². The van der Waals surface area contributed by atoms with Gasteiger partial charge < -0.3 is 9.30 Å². The number of carbonyl (C=O) groups is 1. The summed E-state index contributed by atoms with van der Waals surface area (Å²) < 4.78 is 10.2. The van der Waals surface area contributed by atoms with Gasteiger partial charge in [-0.05, 0) is 66.8 Å². The first-order chi connectivity index (χ1) is 17.3. The zero-order valence-corrected chi connectivity index (χ0v) is 20.3. The van der Waals surface area contributed by atoms with Crippen LogP contribution >= 0.6 is 11.9 Å². The molecule has 10 nitrogen and oxygen atoms in total. The van der Waals surface area contributed by atoms with Gasteiger partial charge in [0.25, 0.3) is 17.3 Å². The fourth-order valence-corrected chi connectivity index (χ4v) is 4.53. The van der Waals surface area contributed by atoms with Crippen LogP contribution in [0.2, 0.25) is 0 Å². The van der Waals surface area contributed by atoms with Crippen molar-refractivity contribution in [2.45, 2.75) is 24.8 Å². The van der Waals surface area contributed by atoms with Crippen molar-refractivity contribution in [2.75, 3.05) is 7.11 Å². The number of aryl methyl sites for hydroxylation is 1. The zero-order chi connectivity index (χ0) is 25.8. The maximum absolute atomic E-state index is 13.0. The van der Waals surface area contributed by atoms with Crippen LogP contribution in [0.5, 0.6) is 5.75 Å². The van der Waals surface area contributed by atoms with E-state index >= 15 is 0 Å². The Bertz CT molecular complexity index is 1470. The van der Waals surface area contributed by atoms with Crippen LogP contribution < -0.4 is 9.46 Å². The molecule has 0 unspecified atom stereocenters. The van der Waals surface area contributed by atoms with Gasteiger partial charge in [0.2, 0.25) is 0 Å². The number of aromatic nitrogens is 1. The van der Waals surface area contributed by atoms with Crippen LogP contribution in [0.1, 0.15) is 28.4 Å². The molecular weight excluding hydrogens is 484 g/mol. The molecule has 1 heterocycles. The zero-order valence-electron chi connectivity index (χ0n) is 19.5. The number of fused-ring (bicyclic) bond motifs is 1. The van der Waals surface area contributed by atoms with E-state index in [0.29, 0.717) is 29.2 Å². The molecule has 0 aliphatic heterocycles. The van der Waals surface area contributed by atoms with Gasteiger partial charge in [-0.15, -0.1) is 0 Å². The molecule has 4 aromatic rings. The normalized spacial score (nSPS) is 10.8. The Morgan fingerprint density at radius 2 is 1.69 bits per heavy atom. The molecule has 1 N–H and O–H groups in total. The topological polar surface area (TPSA) is 130 Å².